The van der Waals surface area contributed by atoms with Crippen LogP contribution < -0.4 is 16.0 Å². The van der Waals surface area contributed by atoms with Crippen LogP contribution in [0, 0.1) is 0 Å². The van der Waals surface area contributed by atoms with Gasteiger partial charge in [-0.2, -0.15) is 0 Å². The van der Waals surface area contributed by atoms with Gasteiger partial charge in [-0.15, -0.1) is 0 Å². The highest BCUT2D eigenvalue weighted by molar-refractivity contribution is 5.98. The zero-order valence-corrected chi connectivity index (χ0v) is 16.9. The van der Waals surface area contributed by atoms with Gasteiger partial charge in [0.1, 0.15) is 12.5 Å². The van der Waals surface area contributed by atoms with Crippen LogP contribution in [-0.2, 0) is 19.7 Å². The molecule has 164 valence electrons. The molecule has 0 bridgehead atoms. The molecule has 6 N–H and O–H groups in total. The fourth-order valence-corrected chi connectivity index (χ4v) is 4.03. The minimum absolute atomic E-state index is 0.0527. The number of aliphatic hydroxyl groups is 3. The molecule has 0 saturated carbocycles. The van der Waals surface area contributed by atoms with Gasteiger partial charge >= 0.3 is 6.03 Å². The van der Waals surface area contributed by atoms with Gasteiger partial charge in [-0.05, 0) is 47.7 Å². The second-order valence-corrected chi connectivity index (χ2v) is 7.86. The molecule has 2 aliphatic rings. The maximum atomic E-state index is 12.8. The van der Waals surface area contributed by atoms with Gasteiger partial charge in [-0.25, -0.2) is 4.79 Å². The molecule has 31 heavy (non-hydrogen) atoms. The van der Waals surface area contributed by atoms with Crippen LogP contribution in [0.1, 0.15) is 39.9 Å². The molecule has 3 unspecified atom stereocenters. The van der Waals surface area contributed by atoms with Crippen LogP contribution in [-0.4, -0.2) is 50.7 Å². The number of aliphatic hydroxyl groups excluding tert-OH is 3. The summed E-state index contributed by atoms with van der Waals surface area (Å²) < 4.78 is 0. The molecule has 9 heteroatoms. The first kappa shape index (κ1) is 21.3. The number of benzene rings is 2. The van der Waals surface area contributed by atoms with Crippen LogP contribution in [0.15, 0.2) is 42.5 Å². The van der Waals surface area contributed by atoms with E-state index in [1.54, 1.807) is 41.3 Å². The van der Waals surface area contributed by atoms with E-state index >= 15 is 0 Å². The van der Waals surface area contributed by atoms with Gasteiger partial charge in [0.05, 0.1) is 12.6 Å². The number of amides is 3. The van der Waals surface area contributed by atoms with E-state index in [-0.39, 0.29) is 18.5 Å². The molecule has 2 aliphatic heterocycles. The van der Waals surface area contributed by atoms with Gasteiger partial charge in [0, 0.05) is 24.3 Å². The first-order valence-corrected chi connectivity index (χ1v) is 10.2. The number of nitrogens with zero attached hydrogens (tertiary/aromatic N) is 1. The van der Waals surface area contributed by atoms with Crippen molar-refractivity contribution in [2.24, 2.45) is 0 Å². The topological polar surface area (TPSA) is 134 Å². The van der Waals surface area contributed by atoms with Crippen molar-refractivity contribution in [3.63, 3.8) is 0 Å². The average molecular weight is 426 g/mol. The van der Waals surface area contributed by atoms with Crippen molar-refractivity contribution >= 4 is 17.6 Å². The number of piperidine rings is 1. The van der Waals surface area contributed by atoms with E-state index < -0.39 is 18.5 Å². The third-order valence-electron chi connectivity index (χ3n) is 5.71. The second kappa shape index (κ2) is 9.03. The highest BCUT2D eigenvalue weighted by Gasteiger charge is 2.38. The van der Waals surface area contributed by atoms with Crippen molar-refractivity contribution in [1.29, 1.82) is 0 Å². The molecule has 2 aromatic carbocycles. The van der Waals surface area contributed by atoms with Crippen LogP contribution in [0.4, 0.5) is 10.5 Å². The van der Waals surface area contributed by atoms with Crippen LogP contribution >= 0.6 is 0 Å². The highest BCUT2D eigenvalue weighted by Crippen LogP contribution is 2.29. The zero-order chi connectivity index (χ0) is 22.0. The van der Waals surface area contributed by atoms with Gasteiger partial charge < -0.3 is 30.9 Å². The number of hydrogen-bond donors (Lipinski definition) is 6. The Labute approximate surface area is 179 Å². The van der Waals surface area contributed by atoms with E-state index in [4.69, 9.17) is 5.11 Å². The summed E-state index contributed by atoms with van der Waals surface area (Å²) in [7, 11) is 0. The summed E-state index contributed by atoms with van der Waals surface area (Å²) in [6, 6.07) is 11.6. The Bertz CT molecular complexity index is 965. The molecule has 2 aromatic rings. The number of rotatable bonds is 5. The van der Waals surface area contributed by atoms with Crippen molar-refractivity contribution < 1.29 is 24.9 Å². The number of anilines is 1. The van der Waals surface area contributed by atoms with Crippen LogP contribution in [0.3, 0.4) is 0 Å². The molecule has 1 saturated heterocycles. The molecule has 4 rings (SSSR count). The first-order chi connectivity index (χ1) is 14.9. The van der Waals surface area contributed by atoms with Crippen LogP contribution in [0.5, 0.6) is 0 Å². The molecule has 0 spiro atoms. The second-order valence-electron chi connectivity index (χ2n) is 7.86. The Kier molecular flexibility index (Phi) is 6.19. The van der Waals surface area contributed by atoms with Gasteiger partial charge in [0.25, 0.3) is 5.91 Å². The summed E-state index contributed by atoms with van der Waals surface area (Å²) >= 11 is 0. The summed E-state index contributed by atoms with van der Waals surface area (Å²) in [5.41, 5.74) is 3.69. The summed E-state index contributed by atoms with van der Waals surface area (Å²) in [5, 5.41) is 37.1. The lowest BCUT2D eigenvalue weighted by molar-refractivity contribution is -0.0477. The van der Waals surface area contributed by atoms with Gasteiger partial charge in [0.15, 0.2) is 0 Å². The monoisotopic (exact) mass is 426 g/mol. The molecular formula is C22H26N4O5. The quantitative estimate of drug-likeness (QED) is 0.420. The molecule has 9 nitrogen and oxygen atoms in total. The molecule has 0 aliphatic carbocycles. The third kappa shape index (κ3) is 4.70. The fourth-order valence-electron chi connectivity index (χ4n) is 4.03. The Balaban J connectivity index is 1.35. The Morgan fingerprint density at radius 2 is 1.84 bits per heavy atom. The number of fused-ring (bicyclic) bond motifs is 1. The molecule has 2 heterocycles. The normalized spacial score (nSPS) is 22.9. The SMILES string of the molecule is O=C(NCc1ccc2c(c1)CN(C1CCC(O)NC1O)C2=O)Nc1ccc(CO)cc1. The molecule has 0 radical (unpaired) electrons. The number of nitrogens with one attached hydrogen (secondary N) is 3. The van der Waals surface area contributed by atoms with Crippen molar-refractivity contribution in [3.8, 4) is 0 Å². The summed E-state index contributed by atoms with van der Waals surface area (Å²) in [6.45, 7) is 0.621. The lowest BCUT2D eigenvalue weighted by atomic mass is 10.0. The Morgan fingerprint density at radius 1 is 1.10 bits per heavy atom. The minimum atomic E-state index is -0.974. The highest BCUT2D eigenvalue weighted by atomic mass is 16.3. The lowest BCUT2D eigenvalue weighted by Gasteiger charge is -2.37. The van der Waals surface area contributed by atoms with E-state index in [9.17, 15) is 19.8 Å². The van der Waals surface area contributed by atoms with E-state index in [0.717, 1.165) is 16.7 Å². The van der Waals surface area contributed by atoms with Gasteiger partial charge in [0.2, 0.25) is 0 Å². The summed E-state index contributed by atoms with van der Waals surface area (Å²) in [5.74, 6) is -0.138. The number of urea groups is 1. The Hall–Kier alpha value is -2.98. The van der Waals surface area contributed by atoms with E-state index in [1.807, 2.05) is 6.07 Å². The van der Waals surface area contributed by atoms with Crippen molar-refractivity contribution in [2.75, 3.05) is 5.32 Å². The van der Waals surface area contributed by atoms with Crippen LogP contribution in [0.2, 0.25) is 0 Å². The first-order valence-electron chi connectivity index (χ1n) is 10.2. The number of carbonyl (C=O) groups is 2. The lowest BCUT2D eigenvalue weighted by Crippen LogP contribution is -2.56. The summed E-state index contributed by atoms with van der Waals surface area (Å²) in [4.78, 5) is 26.6. The molecular weight excluding hydrogens is 400 g/mol. The average Bonchev–Trinajstić information content (AvgIpc) is 3.08. The molecule has 1 fully saturated rings. The molecule has 3 amide bonds. The van der Waals surface area contributed by atoms with Crippen molar-refractivity contribution in [1.82, 2.24) is 15.5 Å². The van der Waals surface area contributed by atoms with E-state index in [1.165, 1.54) is 0 Å². The maximum Gasteiger partial charge on any atom is 0.319 e. The molecule has 0 aromatic heterocycles. The number of carbonyl (C=O) groups excluding carboxylic acids is 2. The van der Waals surface area contributed by atoms with E-state index in [0.29, 0.717) is 37.2 Å². The molecule has 3 atom stereocenters. The predicted molar refractivity (Wildman–Crippen MR) is 113 cm³/mol. The zero-order valence-electron chi connectivity index (χ0n) is 16.9. The standard InChI is InChI=1S/C22H26N4O5/c27-12-13-1-4-16(5-2-13)24-22(31)23-10-14-3-6-17-15(9-14)11-26(21(17)30)18-7-8-19(28)25-20(18)29/h1-6,9,18-20,25,27-29H,7-8,10-12H2,(H2,23,24,31). The maximum absolute atomic E-state index is 12.8. The van der Waals surface area contributed by atoms with Crippen LogP contribution in [0.25, 0.3) is 0 Å². The van der Waals surface area contributed by atoms with E-state index in [2.05, 4.69) is 16.0 Å². The third-order valence-corrected chi connectivity index (χ3v) is 5.71. The van der Waals surface area contributed by atoms with Crippen molar-refractivity contribution in [2.45, 2.75) is 51.0 Å². The fraction of sp³-hybridized carbons (Fsp3) is 0.364. The minimum Gasteiger partial charge on any atom is -0.392 e. The summed E-state index contributed by atoms with van der Waals surface area (Å²) in [6.07, 6.45) is -0.751. The number of hydrogen-bond acceptors (Lipinski definition) is 6. The smallest absolute Gasteiger partial charge is 0.319 e. The van der Waals surface area contributed by atoms with Gasteiger partial charge in [-0.3, -0.25) is 10.1 Å². The Morgan fingerprint density at radius 3 is 2.55 bits per heavy atom. The largest absolute Gasteiger partial charge is 0.392 e. The van der Waals surface area contributed by atoms with Crippen molar-refractivity contribution in [3.05, 3.63) is 64.7 Å². The predicted octanol–water partition coefficient (Wildman–Crippen LogP) is 0.845. The van der Waals surface area contributed by atoms with Gasteiger partial charge in [-0.1, -0.05) is 24.3 Å².